The Kier molecular flexibility index (Phi) is 6.35. The zero-order valence-corrected chi connectivity index (χ0v) is 12.6. The van der Waals surface area contributed by atoms with Crippen molar-refractivity contribution in [1.82, 2.24) is 4.98 Å². The first-order chi connectivity index (χ1) is 9.02. The van der Waals surface area contributed by atoms with E-state index in [-0.39, 0.29) is 0 Å². The van der Waals surface area contributed by atoms with Crippen LogP contribution in [0, 0.1) is 23.2 Å². The van der Waals surface area contributed by atoms with Crippen LogP contribution in [0.15, 0.2) is 18.3 Å². The van der Waals surface area contributed by atoms with Crippen LogP contribution in [0.5, 0.6) is 0 Å². The second-order valence-electron chi connectivity index (χ2n) is 5.87. The van der Waals surface area contributed by atoms with Crippen molar-refractivity contribution in [2.45, 2.75) is 40.5 Å². The van der Waals surface area contributed by atoms with Crippen molar-refractivity contribution in [2.75, 3.05) is 18.0 Å². The summed E-state index contributed by atoms with van der Waals surface area (Å²) in [7, 11) is 0. The molecule has 0 fully saturated rings. The lowest BCUT2D eigenvalue weighted by molar-refractivity contribution is 0.533. The van der Waals surface area contributed by atoms with Gasteiger partial charge in [-0.3, -0.25) is 0 Å². The molecule has 1 heterocycles. The van der Waals surface area contributed by atoms with Crippen LogP contribution in [-0.2, 0) is 0 Å². The number of hydrogen-bond acceptors (Lipinski definition) is 3. The molecule has 1 aromatic heterocycles. The van der Waals surface area contributed by atoms with Gasteiger partial charge in [0.2, 0.25) is 0 Å². The fourth-order valence-electron chi connectivity index (χ4n) is 1.83. The first-order valence-electron chi connectivity index (χ1n) is 7.14. The van der Waals surface area contributed by atoms with Crippen LogP contribution in [0.1, 0.15) is 46.1 Å². The molecule has 0 amide bonds. The van der Waals surface area contributed by atoms with Gasteiger partial charge >= 0.3 is 0 Å². The Hall–Kier alpha value is -1.56. The molecule has 1 rings (SSSR count). The smallest absolute Gasteiger partial charge is 0.129 e. The highest BCUT2D eigenvalue weighted by Gasteiger charge is 2.10. The Balaban J connectivity index is 2.78. The third kappa shape index (κ3) is 5.74. The van der Waals surface area contributed by atoms with Gasteiger partial charge in [0, 0.05) is 19.3 Å². The van der Waals surface area contributed by atoms with Crippen molar-refractivity contribution in [1.29, 1.82) is 5.26 Å². The molecule has 0 N–H and O–H groups in total. The van der Waals surface area contributed by atoms with E-state index in [9.17, 15) is 0 Å². The van der Waals surface area contributed by atoms with Gasteiger partial charge in [-0.15, -0.1) is 0 Å². The molecular weight excluding hydrogens is 234 g/mol. The summed E-state index contributed by atoms with van der Waals surface area (Å²) in [4.78, 5) is 6.72. The van der Waals surface area contributed by atoms with Crippen LogP contribution in [0.3, 0.4) is 0 Å². The zero-order valence-electron chi connectivity index (χ0n) is 12.6. The molecule has 0 spiro atoms. The van der Waals surface area contributed by atoms with Crippen LogP contribution in [0.4, 0.5) is 5.82 Å². The molecule has 0 saturated carbocycles. The molecule has 3 nitrogen and oxygen atoms in total. The summed E-state index contributed by atoms with van der Waals surface area (Å²) in [5.74, 6) is 2.29. The maximum atomic E-state index is 8.98. The summed E-state index contributed by atoms with van der Waals surface area (Å²) < 4.78 is 0. The first kappa shape index (κ1) is 15.5. The van der Waals surface area contributed by atoms with E-state index in [1.54, 1.807) is 12.3 Å². The third-order valence-electron chi connectivity index (χ3n) is 3.15. The second-order valence-corrected chi connectivity index (χ2v) is 5.87. The van der Waals surface area contributed by atoms with Crippen molar-refractivity contribution in [3.63, 3.8) is 0 Å². The fraction of sp³-hybridized carbons (Fsp3) is 0.625. The molecule has 0 unspecified atom stereocenters. The third-order valence-corrected chi connectivity index (χ3v) is 3.15. The molecule has 0 atom stereocenters. The number of nitrogens with zero attached hydrogens (tertiary/aromatic N) is 3. The SMILES string of the molecule is CC(C)CCN(CCC(C)C)c1cc(C#N)ccn1. The molecule has 1 aromatic rings. The highest BCUT2D eigenvalue weighted by atomic mass is 15.2. The summed E-state index contributed by atoms with van der Waals surface area (Å²) in [6.45, 7) is 11.0. The van der Waals surface area contributed by atoms with E-state index < -0.39 is 0 Å². The van der Waals surface area contributed by atoms with E-state index in [1.165, 1.54) is 0 Å². The molecule has 3 heteroatoms. The average molecular weight is 259 g/mol. The summed E-state index contributed by atoms with van der Waals surface area (Å²) >= 11 is 0. The number of nitriles is 1. The number of hydrogen-bond donors (Lipinski definition) is 0. The molecule has 104 valence electrons. The van der Waals surface area contributed by atoms with E-state index in [0.29, 0.717) is 17.4 Å². The Morgan fingerprint density at radius 1 is 1.16 bits per heavy atom. The van der Waals surface area contributed by atoms with E-state index in [2.05, 4.69) is 43.6 Å². The second kappa shape index (κ2) is 7.78. The zero-order chi connectivity index (χ0) is 14.3. The highest BCUT2D eigenvalue weighted by Crippen LogP contribution is 2.16. The average Bonchev–Trinajstić information content (AvgIpc) is 2.38. The van der Waals surface area contributed by atoms with Crippen LogP contribution in [0.2, 0.25) is 0 Å². The van der Waals surface area contributed by atoms with Crippen molar-refractivity contribution < 1.29 is 0 Å². The van der Waals surface area contributed by atoms with Gasteiger partial charge in [-0.1, -0.05) is 27.7 Å². The van der Waals surface area contributed by atoms with Gasteiger partial charge in [-0.25, -0.2) is 4.98 Å². The molecule has 0 aliphatic heterocycles. The number of pyridine rings is 1. The maximum absolute atomic E-state index is 8.98. The van der Waals surface area contributed by atoms with Gasteiger partial charge in [-0.05, 0) is 36.8 Å². The lowest BCUT2D eigenvalue weighted by atomic mass is 10.1. The topological polar surface area (TPSA) is 39.9 Å². The molecule has 19 heavy (non-hydrogen) atoms. The lowest BCUT2D eigenvalue weighted by Gasteiger charge is -2.25. The van der Waals surface area contributed by atoms with Crippen LogP contribution in [-0.4, -0.2) is 18.1 Å². The number of anilines is 1. The Morgan fingerprint density at radius 3 is 2.21 bits per heavy atom. The van der Waals surface area contributed by atoms with Gasteiger partial charge in [-0.2, -0.15) is 5.26 Å². The summed E-state index contributed by atoms with van der Waals surface area (Å²) in [5.41, 5.74) is 0.684. The van der Waals surface area contributed by atoms with Gasteiger partial charge in [0.25, 0.3) is 0 Å². The quantitative estimate of drug-likeness (QED) is 0.746. The van der Waals surface area contributed by atoms with Crippen molar-refractivity contribution in [3.05, 3.63) is 23.9 Å². The minimum atomic E-state index is 0.681. The standard InChI is InChI=1S/C16H25N3/c1-13(2)6-9-19(10-7-14(3)4)16-11-15(12-17)5-8-18-16/h5,8,11,13-14H,6-7,9-10H2,1-4H3. The number of rotatable bonds is 7. The van der Waals surface area contributed by atoms with Crippen LogP contribution >= 0.6 is 0 Å². The van der Waals surface area contributed by atoms with Crippen molar-refractivity contribution in [3.8, 4) is 6.07 Å². The molecule has 0 saturated heterocycles. The van der Waals surface area contributed by atoms with Crippen molar-refractivity contribution in [2.24, 2.45) is 11.8 Å². The Morgan fingerprint density at radius 2 is 1.74 bits per heavy atom. The lowest BCUT2D eigenvalue weighted by Crippen LogP contribution is -2.28. The summed E-state index contributed by atoms with van der Waals surface area (Å²) in [5, 5.41) is 8.98. The highest BCUT2D eigenvalue weighted by molar-refractivity contribution is 5.44. The minimum Gasteiger partial charge on any atom is -0.357 e. The normalized spacial score (nSPS) is 10.8. The monoisotopic (exact) mass is 259 g/mol. The number of aromatic nitrogens is 1. The van der Waals surface area contributed by atoms with Gasteiger partial charge in [0.05, 0.1) is 11.6 Å². The minimum absolute atomic E-state index is 0.681. The van der Waals surface area contributed by atoms with Crippen LogP contribution < -0.4 is 4.90 Å². The predicted molar refractivity (Wildman–Crippen MR) is 80.1 cm³/mol. The Labute approximate surface area is 117 Å². The first-order valence-corrected chi connectivity index (χ1v) is 7.14. The van der Waals surface area contributed by atoms with E-state index in [4.69, 9.17) is 5.26 Å². The summed E-state index contributed by atoms with van der Waals surface area (Å²) in [6.07, 6.45) is 4.03. The predicted octanol–water partition coefficient (Wildman–Crippen LogP) is 3.85. The van der Waals surface area contributed by atoms with E-state index in [1.807, 2.05) is 6.07 Å². The maximum Gasteiger partial charge on any atom is 0.129 e. The van der Waals surface area contributed by atoms with Gasteiger partial charge in [0.15, 0.2) is 0 Å². The van der Waals surface area contributed by atoms with Crippen molar-refractivity contribution >= 4 is 5.82 Å². The molecular formula is C16H25N3. The molecule has 0 aliphatic rings. The molecule has 0 aliphatic carbocycles. The van der Waals surface area contributed by atoms with E-state index in [0.717, 1.165) is 31.7 Å². The van der Waals surface area contributed by atoms with E-state index >= 15 is 0 Å². The largest absolute Gasteiger partial charge is 0.357 e. The molecule has 0 bridgehead atoms. The molecule has 0 aromatic carbocycles. The molecule has 0 radical (unpaired) electrons. The fourth-order valence-corrected chi connectivity index (χ4v) is 1.83. The van der Waals surface area contributed by atoms with Crippen LogP contribution in [0.25, 0.3) is 0 Å². The van der Waals surface area contributed by atoms with Gasteiger partial charge in [0.1, 0.15) is 5.82 Å². The summed E-state index contributed by atoms with van der Waals surface area (Å²) in [6, 6.07) is 5.83. The van der Waals surface area contributed by atoms with Gasteiger partial charge < -0.3 is 4.90 Å². The Bertz CT molecular complexity index is 406.